The summed E-state index contributed by atoms with van der Waals surface area (Å²) in [7, 11) is 6.00. The van der Waals surface area contributed by atoms with Crippen LogP contribution in [0.1, 0.15) is 12.8 Å². The Morgan fingerprint density at radius 1 is 1.15 bits per heavy atom. The van der Waals surface area contributed by atoms with E-state index in [4.69, 9.17) is 11.6 Å². The maximum atomic E-state index is 12.7. The Morgan fingerprint density at radius 2 is 1.90 bits per heavy atom. The summed E-state index contributed by atoms with van der Waals surface area (Å²) in [6, 6.07) is 15.6. The molecule has 5 rings (SSSR count). The molecule has 0 spiro atoms. The third kappa shape index (κ3) is 8.47. The molecule has 1 saturated heterocycles. The van der Waals surface area contributed by atoms with Gasteiger partial charge in [0.2, 0.25) is 11.9 Å². The molecule has 0 bridgehead atoms. The van der Waals surface area contributed by atoms with Crippen molar-refractivity contribution in [3.8, 4) is 11.3 Å². The van der Waals surface area contributed by atoms with E-state index in [-0.39, 0.29) is 11.8 Å². The number of hydrogen-bond donors (Lipinski definition) is 3. The number of carbonyl (C=O) groups is 2. The van der Waals surface area contributed by atoms with Gasteiger partial charge in [-0.1, -0.05) is 41.9 Å². The summed E-state index contributed by atoms with van der Waals surface area (Å²) in [6.45, 7) is 2.73. The highest BCUT2D eigenvalue weighted by Gasteiger charge is 2.23. The molecule has 3 N–H and O–H groups in total. The average Bonchev–Trinajstić information content (AvgIpc) is 3.39. The zero-order valence-corrected chi connectivity index (χ0v) is 24.4. The molecule has 0 atom stereocenters. The first kappa shape index (κ1) is 29.9. The second kappa shape index (κ2) is 14.5. The summed E-state index contributed by atoms with van der Waals surface area (Å²) in [5.41, 5.74) is 4.11. The van der Waals surface area contributed by atoms with E-state index in [2.05, 4.69) is 37.5 Å². The average molecular weight is 574 g/mol. The van der Waals surface area contributed by atoms with Crippen LogP contribution in [0.25, 0.3) is 22.2 Å². The highest BCUT2D eigenvalue weighted by atomic mass is 35.5. The van der Waals surface area contributed by atoms with Crippen molar-refractivity contribution in [3.63, 3.8) is 0 Å². The largest absolute Gasteiger partial charge is 0.360 e. The first-order chi connectivity index (χ1) is 19.8. The Bertz CT molecular complexity index is 1490. The smallest absolute Gasteiger partial charge is 0.227 e. The Morgan fingerprint density at radius 3 is 2.66 bits per heavy atom. The number of rotatable bonds is 8. The zero-order valence-electron chi connectivity index (χ0n) is 23.6. The number of likely N-dealkylation sites (tertiary alicyclic amines) is 1. The van der Waals surface area contributed by atoms with Crippen LogP contribution < -0.4 is 10.6 Å². The van der Waals surface area contributed by atoms with Gasteiger partial charge in [-0.3, -0.25) is 9.59 Å². The molecule has 4 aromatic rings. The number of anilines is 3. The minimum Gasteiger partial charge on any atom is -0.360 e. The summed E-state index contributed by atoms with van der Waals surface area (Å²) < 4.78 is 0. The minimum absolute atomic E-state index is 0.0520. The monoisotopic (exact) mass is 573 g/mol. The Hall–Kier alpha value is -4.05. The number of H-pyrrole nitrogens is 1. The molecule has 2 aromatic carbocycles. The molecule has 1 fully saturated rings. The molecule has 1 amide bonds. The third-order valence-corrected chi connectivity index (χ3v) is 7.03. The molecule has 1 aliphatic heterocycles. The topological polar surface area (TPSA) is 106 Å². The molecule has 3 heterocycles. The van der Waals surface area contributed by atoms with Crippen LogP contribution in [0, 0.1) is 5.92 Å². The number of hydrogen-bond acceptors (Lipinski definition) is 7. The van der Waals surface area contributed by atoms with Gasteiger partial charge < -0.3 is 25.4 Å². The number of fused-ring (bicyclic) bond motifs is 1. The second-order valence-corrected chi connectivity index (χ2v) is 10.6. The van der Waals surface area contributed by atoms with E-state index in [9.17, 15) is 9.59 Å². The lowest BCUT2D eigenvalue weighted by Gasteiger charge is -2.28. The van der Waals surface area contributed by atoms with Gasteiger partial charge in [0.05, 0.1) is 16.9 Å². The van der Waals surface area contributed by atoms with Gasteiger partial charge >= 0.3 is 0 Å². The number of aromatic amines is 1. The molecule has 10 heteroatoms. The molecule has 0 radical (unpaired) electrons. The van der Waals surface area contributed by atoms with Crippen LogP contribution in [0.15, 0.2) is 73.1 Å². The highest BCUT2D eigenvalue weighted by molar-refractivity contribution is 6.33. The van der Waals surface area contributed by atoms with Crippen LogP contribution >= 0.6 is 11.6 Å². The van der Waals surface area contributed by atoms with E-state index >= 15 is 0 Å². The highest BCUT2D eigenvalue weighted by Crippen LogP contribution is 2.33. The predicted molar refractivity (Wildman–Crippen MR) is 167 cm³/mol. The van der Waals surface area contributed by atoms with Gasteiger partial charge in [0.1, 0.15) is 6.29 Å². The first-order valence-electron chi connectivity index (χ1n) is 13.5. The maximum Gasteiger partial charge on any atom is 0.227 e. The number of aldehydes is 1. The van der Waals surface area contributed by atoms with E-state index < -0.39 is 0 Å². The van der Waals surface area contributed by atoms with Gasteiger partial charge in [-0.05, 0) is 77.4 Å². The van der Waals surface area contributed by atoms with Gasteiger partial charge in [-0.2, -0.15) is 0 Å². The SMILES string of the molecule is CN(C)C/C=C/C=O.CN1CCC(C(=O)Nc2cccc(Nc3ncc(Cl)c(-c4c[nH]c5ccccc45)n3)c2)CC1. The number of likely N-dealkylation sites (N-methyl/N-ethyl adjacent to an activating group) is 1. The van der Waals surface area contributed by atoms with Crippen LogP contribution in [0.3, 0.4) is 0 Å². The number of para-hydroxylation sites is 1. The van der Waals surface area contributed by atoms with Crippen LogP contribution in [0.2, 0.25) is 5.02 Å². The van der Waals surface area contributed by atoms with E-state index in [0.29, 0.717) is 16.7 Å². The summed E-state index contributed by atoms with van der Waals surface area (Å²) in [5, 5.41) is 7.80. The lowest BCUT2D eigenvalue weighted by molar-refractivity contribution is -0.121. The minimum atomic E-state index is 0.0520. The summed E-state index contributed by atoms with van der Waals surface area (Å²) in [4.78, 5) is 38.9. The molecule has 0 aliphatic carbocycles. The van der Waals surface area contributed by atoms with E-state index in [1.807, 2.05) is 79.8 Å². The van der Waals surface area contributed by atoms with Crippen molar-refractivity contribution >= 4 is 52.0 Å². The number of allylic oxidation sites excluding steroid dienone is 1. The lowest BCUT2D eigenvalue weighted by Crippen LogP contribution is -2.35. The fraction of sp³-hybridized carbons (Fsp3) is 0.290. The summed E-state index contributed by atoms with van der Waals surface area (Å²) >= 11 is 6.44. The van der Waals surface area contributed by atoms with Gasteiger partial charge in [0.25, 0.3) is 0 Å². The van der Waals surface area contributed by atoms with E-state index in [1.165, 1.54) is 6.08 Å². The number of aromatic nitrogens is 3. The zero-order chi connectivity index (χ0) is 29.2. The molecule has 214 valence electrons. The van der Waals surface area contributed by atoms with Crippen molar-refractivity contribution in [1.82, 2.24) is 24.8 Å². The van der Waals surface area contributed by atoms with Gasteiger partial charge in [0.15, 0.2) is 0 Å². The van der Waals surface area contributed by atoms with Crippen molar-refractivity contribution in [2.24, 2.45) is 5.92 Å². The van der Waals surface area contributed by atoms with E-state index in [1.54, 1.807) is 6.20 Å². The standard InChI is InChI=1S/C25H25ClN6O.C6H11NO/c1-32-11-9-16(10-12-32)24(33)29-17-5-4-6-18(13-17)30-25-28-15-21(26)23(31-25)20-14-27-22-8-3-2-7-19(20)22;1-7(2)5-3-4-6-8/h2-8,13-16,27H,9-12H2,1H3,(H,29,33)(H,28,30,31);3-4,6H,5H2,1-2H3/b;4-3+. The third-order valence-electron chi connectivity index (χ3n) is 6.75. The quantitative estimate of drug-likeness (QED) is 0.186. The van der Waals surface area contributed by atoms with Crippen LogP contribution in [-0.2, 0) is 9.59 Å². The van der Waals surface area contributed by atoms with Crippen molar-refractivity contribution in [1.29, 1.82) is 0 Å². The predicted octanol–water partition coefficient (Wildman–Crippen LogP) is 5.61. The lowest BCUT2D eigenvalue weighted by atomic mass is 9.96. The van der Waals surface area contributed by atoms with E-state index in [0.717, 1.165) is 66.6 Å². The molecule has 9 nitrogen and oxygen atoms in total. The van der Waals surface area contributed by atoms with Gasteiger partial charge in [-0.25, -0.2) is 9.97 Å². The molecule has 1 aliphatic rings. The molecule has 41 heavy (non-hydrogen) atoms. The summed E-state index contributed by atoms with van der Waals surface area (Å²) in [5.74, 6) is 0.555. The second-order valence-electron chi connectivity index (χ2n) is 10.2. The summed E-state index contributed by atoms with van der Waals surface area (Å²) in [6.07, 6.45) is 9.36. The maximum absolute atomic E-state index is 12.7. The van der Waals surface area contributed by atoms with Crippen molar-refractivity contribution in [2.75, 3.05) is 51.4 Å². The number of halogens is 1. The Kier molecular flexibility index (Phi) is 10.6. The number of carbonyl (C=O) groups excluding carboxylic acids is 2. The van der Waals surface area contributed by atoms with Gasteiger partial charge in [-0.15, -0.1) is 0 Å². The fourth-order valence-corrected chi connectivity index (χ4v) is 4.72. The first-order valence-corrected chi connectivity index (χ1v) is 13.9. The number of benzene rings is 2. The van der Waals surface area contributed by atoms with Crippen LogP contribution in [0.4, 0.5) is 17.3 Å². The fourth-order valence-electron chi connectivity index (χ4n) is 4.53. The normalized spacial score (nSPS) is 14.2. The molecular formula is C31H36ClN7O2. The van der Waals surface area contributed by atoms with Crippen LogP contribution in [0.5, 0.6) is 0 Å². The Labute approximate surface area is 245 Å². The van der Waals surface area contributed by atoms with Gasteiger partial charge in [0, 0.05) is 46.5 Å². The van der Waals surface area contributed by atoms with Crippen molar-refractivity contribution < 1.29 is 9.59 Å². The molecular weight excluding hydrogens is 538 g/mol. The van der Waals surface area contributed by atoms with Crippen molar-refractivity contribution in [3.05, 3.63) is 78.1 Å². The molecule has 0 saturated carbocycles. The number of piperidine rings is 1. The number of amides is 1. The van der Waals surface area contributed by atoms with Crippen LogP contribution in [-0.4, -0.2) is 77.7 Å². The molecule has 2 aromatic heterocycles. The molecule has 0 unspecified atom stereocenters. The van der Waals surface area contributed by atoms with Crippen molar-refractivity contribution in [2.45, 2.75) is 12.8 Å². The number of nitrogens with one attached hydrogen (secondary N) is 3. The number of nitrogens with zero attached hydrogens (tertiary/aromatic N) is 4. The Balaban J connectivity index is 0.000000426.